The van der Waals surface area contributed by atoms with Gasteiger partial charge in [0.25, 0.3) is 0 Å². The first-order valence-corrected chi connectivity index (χ1v) is 13.2. The standard InChI is InChI=1S/C22H27ClN2O7S2/c1-13(26)24-17(21(29)30)7-9-33-34-18-6-8-25(12-15(18)11-19(27)28)20(22(31)32-2)14-4-3-5-16(23)10-14/h3-5,10-11,17-18,20H,6-9,12H2,1-2H3,(H,24,26)(H,27,28)(H,29,30)/b15-11-. The largest absolute Gasteiger partial charge is 0.480 e. The summed E-state index contributed by atoms with van der Waals surface area (Å²) in [6.45, 7) is 2.03. The van der Waals surface area contributed by atoms with E-state index in [0.717, 1.165) is 6.08 Å². The van der Waals surface area contributed by atoms with E-state index in [-0.39, 0.29) is 18.2 Å². The van der Waals surface area contributed by atoms with Gasteiger partial charge >= 0.3 is 17.9 Å². The summed E-state index contributed by atoms with van der Waals surface area (Å²) in [6.07, 6.45) is 1.98. The van der Waals surface area contributed by atoms with E-state index in [0.29, 0.717) is 34.9 Å². The summed E-state index contributed by atoms with van der Waals surface area (Å²) < 4.78 is 5.00. The molecule has 34 heavy (non-hydrogen) atoms. The van der Waals surface area contributed by atoms with Gasteiger partial charge in [-0.3, -0.25) is 9.69 Å². The fourth-order valence-corrected chi connectivity index (χ4v) is 6.58. The van der Waals surface area contributed by atoms with Gasteiger partial charge in [-0.05, 0) is 36.1 Å². The van der Waals surface area contributed by atoms with Crippen LogP contribution in [0.4, 0.5) is 0 Å². The molecule has 1 aliphatic heterocycles. The number of hydrogen-bond donors (Lipinski definition) is 3. The second-order valence-corrected chi connectivity index (χ2v) is 10.7. The molecule has 0 radical (unpaired) electrons. The van der Waals surface area contributed by atoms with Crippen molar-refractivity contribution in [1.29, 1.82) is 0 Å². The Balaban J connectivity index is 2.08. The third-order valence-corrected chi connectivity index (χ3v) is 8.24. The lowest BCUT2D eigenvalue weighted by Crippen LogP contribution is -2.42. The van der Waals surface area contributed by atoms with Gasteiger partial charge < -0.3 is 20.3 Å². The minimum atomic E-state index is -1.10. The zero-order valence-electron chi connectivity index (χ0n) is 18.7. The van der Waals surface area contributed by atoms with Crippen LogP contribution in [0, 0.1) is 0 Å². The van der Waals surface area contributed by atoms with Crippen LogP contribution in [0.15, 0.2) is 35.9 Å². The lowest BCUT2D eigenvalue weighted by molar-refractivity contribution is -0.147. The van der Waals surface area contributed by atoms with Crippen molar-refractivity contribution in [3.05, 3.63) is 46.5 Å². The lowest BCUT2D eigenvalue weighted by atomic mass is 9.98. The van der Waals surface area contributed by atoms with Gasteiger partial charge in [0, 0.05) is 42.1 Å². The normalized spacial score (nSPS) is 19.3. The second kappa shape index (κ2) is 13.6. The van der Waals surface area contributed by atoms with Crippen LogP contribution in [0.5, 0.6) is 0 Å². The van der Waals surface area contributed by atoms with E-state index in [1.54, 1.807) is 24.3 Å². The van der Waals surface area contributed by atoms with Crippen molar-refractivity contribution >= 4 is 57.0 Å². The van der Waals surface area contributed by atoms with Crippen molar-refractivity contribution < 1.29 is 34.1 Å². The van der Waals surface area contributed by atoms with Crippen molar-refractivity contribution in [2.24, 2.45) is 0 Å². The van der Waals surface area contributed by atoms with Gasteiger partial charge in [0.15, 0.2) is 0 Å². The fraction of sp³-hybridized carbons (Fsp3) is 0.455. The number of amides is 1. The third-order valence-electron chi connectivity index (χ3n) is 5.09. The van der Waals surface area contributed by atoms with E-state index in [1.807, 2.05) is 4.90 Å². The molecule has 3 N–H and O–H groups in total. The van der Waals surface area contributed by atoms with Gasteiger partial charge in [-0.2, -0.15) is 0 Å². The molecule has 1 saturated heterocycles. The summed E-state index contributed by atoms with van der Waals surface area (Å²) in [7, 11) is 4.19. The van der Waals surface area contributed by atoms with Crippen LogP contribution in [-0.2, 0) is 23.9 Å². The quantitative estimate of drug-likeness (QED) is 0.170. The van der Waals surface area contributed by atoms with E-state index >= 15 is 0 Å². The molecule has 2 rings (SSSR count). The number of carboxylic acid groups (broad SMARTS) is 2. The molecule has 1 fully saturated rings. The number of piperidine rings is 1. The number of likely N-dealkylation sites (tertiary alicyclic amines) is 1. The van der Waals surface area contributed by atoms with Crippen molar-refractivity contribution in [1.82, 2.24) is 10.2 Å². The average Bonchev–Trinajstić information content (AvgIpc) is 2.76. The van der Waals surface area contributed by atoms with E-state index in [1.165, 1.54) is 35.6 Å². The Hall–Kier alpha value is -2.21. The van der Waals surface area contributed by atoms with Gasteiger partial charge in [-0.15, -0.1) is 0 Å². The monoisotopic (exact) mass is 530 g/mol. The average molecular weight is 531 g/mol. The Morgan fingerprint density at radius 2 is 2.06 bits per heavy atom. The maximum Gasteiger partial charge on any atom is 0.328 e. The summed E-state index contributed by atoms with van der Waals surface area (Å²) in [4.78, 5) is 48.4. The third kappa shape index (κ3) is 8.53. The molecule has 3 unspecified atom stereocenters. The Bertz CT molecular complexity index is 944. The number of nitrogens with one attached hydrogen (secondary N) is 1. The minimum Gasteiger partial charge on any atom is -0.480 e. The van der Waals surface area contributed by atoms with Crippen LogP contribution >= 0.6 is 33.2 Å². The molecule has 3 atom stereocenters. The number of nitrogens with zero attached hydrogens (tertiary/aromatic N) is 1. The highest BCUT2D eigenvalue weighted by Crippen LogP contribution is 2.39. The molecule has 0 aliphatic carbocycles. The maximum absolute atomic E-state index is 12.6. The number of halogens is 1. The van der Waals surface area contributed by atoms with Gasteiger partial charge in [0.05, 0.1) is 7.11 Å². The first-order chi connectivity index (χ1) is 16.1. The van der Waals surface area contributed by atoms with Crippen LogP contribution in [-0.4, -0.2) is 76.2 Å². The number of esters is 1. The van der Waals surface area contributed by atoms with Crippen LogP contribution in [0.25, 0.3) is 0 Å². The van der Waals surface area contributed by atoms with E-state index in [9.17, 15) is 29.4 Å². The molecule has 1 aromatic carbocycles. The highest BCUT2D eigenvalue weighted by atomic mass is 35.5. The SMILES string of the molecule is COC(=O)C(c1cccc(Cl)c1)N1CCC(SSCCC(NC(C)=O)C(=O)O)/C(=C\C(=O)O)C1. The molecule has 186 valence electrons. The fourth-order valence-electron chi connectivity index (χ4n) is 3.59. The van der Waals surface area contributed by atoms with Crippen LogP contribution in [0.1, 0.15) is 31.4 Å². The number of carboxylic acids is 2. The van der Waals surface area contributed by atoms with Crippen LogP contribution < -0.4 is 5.32 Å². The topological polar surface area (TPSA) is 133 Å². The molecule has 0 aromatic heterocycles. The number of carbonyl (C=O) groups excluding carboxylic acids is 2. The molecule has 9 nitrogen and oxygen atoms in total. The highest BCUT2D eigenvalue weighted by Gasteiger charge is 2.34. The van der Waals surface area contributed by atoms with Gasteiger partial charge in [-0.25, -0.2) is 14.4 Å². The van der Waals surface area contributed by atoms with Gasteiger partial charge in [0.2, 0.25) is 5.91 Å². The number of hydrogen-bond acceptors (Lipinski definition) is 8. The molecule has 1 heterocycles. The molecule has 1 aliphatic rings. The number of carbonyl (C=O) groups is 4. The zero-order valence-corrected chi connectivity index (χ0v) is 21.1. The summed E-state index contributed by atoms with van der Waals surface area (Å²) in [5.41, 5.74) is 1.30. The van der Waals surface area contributed by atoms with E-state index in [4.69, 9.17) is 16.3 Å². The molecule has 1 aromatic rings. The van der Waals surface area contributed by atoms with Crippen molar-refractivity contribution in [3.8, 4) is 0 Å². The van der Waals surface area contributed by atoms with E-state index in [2.05, 4.69) is 5.32 Å². The Morgan fingerprint density at radius 1 is 1.32 bits per heavy atom. The number of methoxy groups -OCH3 is 1. The predicted octanol–water partition coefficient (Wildman–Crippen LogP) is 3.00. The molecule has 1 amide bonds. The van der Waals surface area contributed by atoms with Crippen molar-refractivity contribution in [2.75, 3.05) is 26.0 Å². The highest BCUT2D eigenvalue weighted by molar-refractivity contribution is 8.77. The summed E-state index contributed by atoms with van der Waals surface area (Å²) >= 11 is 6.11. The number of ether oxygens (including phenoxy) is 1. The molecule has 12 heteroatoms. The number of benzene rings is 1. The van der Waals surface area contributed by atoms with Crippen molar-refractivity contribution in [2.45, 2.75) is 37.1 Å². The lowest BCUT2D eigenvalue weighted by Gasteiger charge is -2.37. The zero-order chi connectivity index (χ0) is 25.3. The summed E-state index contributed by atoms with van der Waals surface area (Å²) in [6, 6.07) is 5.21. The number of rotatable bonds is 11. The summed E-state index contributed by atoms with van der Waals surface area (Å²) in [5, 5.41) is 21.3. The number of aliphatic carboxylic acids is 2. The van der Waals surface area contributed by atoms with Gasteiger partial charge in [-0.1, -0.05) is 45.3 Å². The van der Waals surface area contributed by atoms with Crippen molar-refractivity contribution in [3.63, 3.8) is 0 Å². The molecule has 0 bridgehead atoms. The molecule has 0 spiro atoms. The Labute approximate surface area is 210 Å². The minimum absolute atomic E-state index is 0.126. The molecular formula is C22H27ClN2O7S2. The summed E-state index contributed by atoms with van der Waals surface area (Å²) in [5.74, 6) is -2.61. The first-order valence-electron chi connectivity index (χ1n) is 10.4. The van der Waals surface area contributed by atoms with Crippen LogP contribution in [0.2, 0.25) is 5.02 Å². The second-order valence-electron chi connectivity index (χ2n) is 7.58. The maximum atomic E-state index is 12.6. The first kappa shape index (κ1) is 28.0. The Kier molecular flexibility index (Phi) is 11.2. The van der Waals surface area contributed by atoms with Gasteiger partial charge in [0.1, 0.15) is 12.1 Å². The predicted molar refractivity (Wildman–Crippen MR) is 132 cm³/mol. The molecule has 0 saturated carbocycles. The van der Waals surface area contributed by atoms with Crippen LogP contribution in [0.3, 0.4) is 0 Å². The molecular weight excluding hydrogens is 504 g/mol. The smallest absolute Gasteiger partial charge is 0.328 e. The Morgan fingerprint density at radius 3 is 2.65 bits per heavy atom. The van der Waals surface area contributed by atoms with E-state index < -0.39 is 35.9 Å².